The van der Waals surface area contributed by atoms with Gasteiger partial charge in [0.25, 0.3) is 0 Å². The largest absolute Gasteiger partial charge is 0.487 e. The van der Waals surface area contributed by atoms with E-state index in [0.29, 0.717) is 18.1 Å². The third-order valence-corrected chi connectivity index (χ3v) is 1.70. The van der Waals surface area contributed by atoms with E-state index in [1.807, 2.05) is 26.0 Å². The molecule has 0 saturated heterocycles. The summed E-state index contributed by atoms with van der Waals surface area (Å²) in [6.45, 7) is 6.11. The van der Waals surface area contributed by atoms with Gasteiger partial charge in [0.15, 0.2) is 11.6 Å². The van der Waals surface area contributed by atoms with E-state index in [-0.39, 0.29) is 6.10 Å². The van der Waals surface area contributed by atoms with E-state index in [9.17, 15) is 0 Å². The second kappa shape index (κ2) is 5.56. The fraction of sp³-hybridized carbons (Fsp3) is 0.545. The summed E-state index contributed by atoms with van der Waals surface area (Å²) in [6.07, 6.45) is 1.40. The predicted octanol–water partition coefficient (Wildman–Crippen LogP) is 1.66. The molecule has 0 spiro atoms. The van der Waals surface area contributed by atoms with Gasteiger partial charge in [0.05, 0.1) is 12.2 Å². The summed E-state index contributed by atoms with van der Waals surface area (Å²) in [5, 5.41) is 12.2. The van der Waals surface area contributed by atoms with Crippen LogP contribution in [0.25, 0.3) is 0 Å². The molecule has 1 atom stereocenters. The van der Waals surface area contributed by atoms with E-state index in [4.69, 9.17) is 9.84 Å². The van der Waals surface area contributed by atoms with Crippen LogP contribution in [0.4, 0.5) is 5.82 Å². The van der Waals surface area contributed by atoms with Crippen molar-refractivity contribution in [3.8, 4) is 5.75 Å². The minimum Gasteiger partial charge on any atom is -0.487 e. The van der Waals surface area contributed by atoms with E-state index in [2.05, 4.69) is 10.3 Å². The Balaban J connectivity index is 2.68. The molecule has 0 aromatic carbocycles. The maximum Gasteiger partial charge on any atom is 0.168 e. The first-order valence-corrected chi connectivity index (χ1v) is 5.13. The lowest BCUT2D eigenvalue weighted by molar-refractivity contribution is 0.207. The fourth-order valence-corrected chi connectivity index (χ4v) is 1.12. The van der Waals surface area contributed by atoms with Gasteiger partial charge in [-0.15, -0.1) is 0 Å². The highest BCUT2D eigenvalue weighted by Crippen LogP contribution is 2.21. The summed E-state index contributed by atoms with van der Waals surface area (Å²) in [6, 6.07) is 3.68. The van der Waals surface area contributed by atoms with Gasteiger partial charge in [0, 0.05) is 12.7 Å². The number of aliphatic hydroxyl groups is 1. The molecule has 0 radical (unpaired) electrons. The monoisotopic (exact) mass is 210 g/mol. The number of pyridine rings is 1. The number of hydrogen-bond acceptors (Lipinski definition) is 4. The Morgan fingerprint density at radius 1 is 1.47 bits per heavy atom. The Morgan fingerprint density at radius 2 is 2.20 bits per heavy atom. The number of aliphatic hydroxyl groups excluding tert-OH is 1. The molecule has 4 heteroatoms. The third kappa shape index (κ3) is 4.16. The zero-order chi connectivity index (χ0) is 11.3. The molecule has 0 saturated carbocycles. The lowest BCUT2D eigenvalue weighted by atomic mass is 10.3. The zero-order valence-corrected chi connectivity index (χ0v) is 9.40. The summed E-state index contributed by atoms with van der Waals surface area (Å²) in [7, 11) is 0. The normalized spacial score (nSPS) is 12.6. The molecule has 0 aliphatic heterocycles. The first-order chi connectivity index (χ1) is 7.09. The van der Waals surface area contributed by atoms with E-state index in [0.717, 1.165) is 0 Å². The van der Waals surface area contributed by atoms with Gasteiger partial charge in [0.1, 0.15) is 0 Å². The summed E-state index contributed by atoms with van der Waals surface area (Å²) in [5.41, 5.74) is 0. The van der Waals surface area contributed by atoms with E-state index < -0.39 is 6.10 Å². The molecule has 1 rings (SSSR count). The molecule has 1 heterocycles. The number of anilines is 1. The van der Waals surface area contributed by atoms with Crippen LogP contribution < -0.4 is 10.1 Å². The minimum atomic E-state index is -0.404. The average Bonchev–Trinajstić information content (AvgIpc) is 2.15. The molecule has 2 N–H and O–H groups in total. The van der Waals surface area contributed by atoms with Gasteiger partial charge in [-0.1, -0.05) is 0 Å². The van der Waals surface area contributed by atoms with Crippen molar-refractivity contribution < 1.29 is 9.84 Å². The van der Waals surface area contributed by atoms with Gasteiger partial charge in [0.2, 0.25) is 0 Å². The molecule has 1 aromatic rings. The van der Waals surface area contributed by atoms with Crippen LogP contribution in [0.1, 0.15) is 20.8 Å². The highest BCUT2D eigenvalue weighted by Gasteiger charge is 2.06. The average molecular weight is 210 g/mol. The van der Waals surface area contributed by atoms with Crippen molar-refractivity contribution >= 4 is 5.82 Å². The molecule has 0 fully saturated rings. The highest BCUT2D eigenvalue weighted by molar-refractivity contribution is 5.49. The van der Waals surface area contributed by atoms with Gasteiger partial charge in [-0.3, -0.25) is 0 Å². The van der Waals surface area contributed by atoms with Crippen molar-refractivity contribution in [2.45, 2.75) is 33.0 Å². The second-order valence-corrected chi connectivity index (χ2v) is 3.75. The van der Waals surface area contributed by atoms with Gasteiger partial charge in [-0.05, 0) is 32.9 Å². The number of nitrogens with one attached hydrogen (secondary N) is 1. The van der Waals surface area contributed by atoms with Crippen molar-refractivity contribution in [1.82, 2.24) is 4.98 Å². The Kier molecular flexibility index (Phi) is 4.37. The second-order valence-electron chi connectivity index (χ2n) is 3.75. The van der Waals surface area contributed by atoms with E-state index >= 15 is 0 Å². The molecular formula is C11H18N2O2. The van der Waals surface area contributed by atoms with Gasteiger partial charge < -0.3 is 15.2 Å². The lowest BCUT2D eigenvalue weighted by Gasteiger charge is -2.14. The lowest BCUT2D eigenvalue weighted by Crippen LogP contribution is -2.17. The summed E-state index contributed by atoms with van der Waals surface area (Å²) in [4.78, 5) is 4.16. The summed E-state index contributed by atoms with van der Waals surface area (Å²) >= 11 is 0. The zero-order valence-electron chi connectivity index (χ0n) is 9.40. The Hall–Kier alpha value is -1.29. The Bertz CT molecular complexity index is 300. The van der Waals surface area contributed by atoms with Crippen LogP contribution in [0.2, 0.25) is 0 Å². The SMILES string of the molecule is CC(O)CNc1ncccc1OC(C)C. The van der Waals surface area contributed by atoms with Crippen LogP contribution in [0, 0.1) is 0 Å². The fourth-order valence-electron chi connectivity index (χ4n) is 1.12. The maximum absolute atomic E-state index is 9.16. The number of hydrogen-bond donors (Lipinski definition) is 2. The molecule has 1 unspecified atom stereocenters. The molecule has 0 aliphatic rings. The van der Waals surface area contributed by atoms with Crippen LogP contribution in [0.3, 0.4) is 0 Å². The van der Waals surface area contributed by atoms with Crippen LogP contribution in [0.15, 0.2) is 18.3 Å². The molecule has 84 valence electrons. The van der Waals surface area contributed by atoms with Crippen LogP contribution in [0.5, 0.6) is 5.75 Å². The highest BCUT2D eigenvalue weighted by atomic mass is 16.5. The summed E-state index contributed by atoms with van der Waals surface area (Å²) in [5.74, 6) is 1.39. The number of rotatable bonds is 5. The molecule has 4 nitrogen and oxygen atoms in total. The first-order valence-electron chi connectivity index (χ1n) is 5.13. The van der Waals surface area contributed by atoms with Crippen molar-refractivity contribution in [3.63, 3.8) is 0 Å². The maximum atomic E-state index is 9.16. The quantitative estimate of drug-likeness (QED) is 0.776. The van der Waals surface area contributed by atoms with Crippen molar-refractivity contribution in [3.05, 3.63) is 18.3 Å². The smallest absolute Gasteiger partial charge is 0.168 e. The van der Waals surface area contributed by atoms with E-state index in [1.165, 1.54) is 0 Å². The predicted molar refractivity (Wildman–Crippen MR) is 60.2 cm³/mol. The van der Waals surface area contributed by atoms with E-state index in [1.54, 1.807) is 13.1 Å². The first kappa shape index (κ1) is 11.8. The van der Waals surface area contributed by atoms with Gasteiger partial charge in [-0.25, -0.2) is 4.98 Å². The van der Waals surface area contributed by atoms with Crippen LogP contribution in [-0.2, 0) is 0 Å². The molecule has 1 aromatic heterocycles. The number of nitrogens with zero attached hydrogens (tertiary/aromatic N) is 1. The van der Waals surface area contributed by atoms with Crippen LogP contribution >= 0.6 is 0 Å². The Morgan fingerprint density at radius 3 is 2.80 bits per heavy atom. The Labute approximate surface area is 90.3 Å². The standard InChI is InChI=1S/C11H18N2O2/c1-8(2)15-10-5-4-6-12-11(10)13-7-9(3)14/h4-6,8-9,14H,7H2,1-3H3,(H,12,13). The van der Waals surface area contributed by atoms with Gasteiger partial charge >= 0.3 is 0 Å². The molecule has 0 amide bonds. The topological polar surface area (TPSA) is 54.4 Å². The number of ether oxygens (including phenoxy) is 1. The minimum absolute atomic E-state index is 0.112. The van der Waals surface area contributed by atoms with Crippen molar-refractivity contribution in [2.75, 3.05) is 11.9 Å². The molecule has 0 bridgehead atoms. The van der Waals surface area contributed by atoms with Crippen molar-refractivity contribution in [1.29, 1.82) is 0 Å². The number of aromatic nitrogens is 1. The summed E-state index contributed by atoms with van der Waals surface area (Å²) < 4.78 is 5.57. The third-order valence-electron chi connectivity index (χ3n) is 1.70. The van der Waals surface area contributed by atoms with Gasteiger partial charge in [-0.2, -0.15) is 0 Å². The molecule has 15 heavy (non-hydrogen) atoms. The molecule has 0 aliphatic carbocycles. The van der Waals surface area contributed by atoms with Crippen molar-refractivity contribution in [2.24, 2.45) is 0 Å². The van der Waals surface area contributed by atoms with Crippen LogP contribution in [-0.4, -0.2) is 28.8 Å². The molecular weight excluding hydrogens is 192 g/mol.